The lowest BCUT2D eigenvalue weighted by Gasteiger charge is -2.23. The summed E-state index contributed by atoms with van der Waals surface area (Å²) in [6, 6.07) is 5.06. The highest BCUT2D eigenvalue weighted by Gasteiger charge is 2.17. The van der Waals surface area contributed by atoms with Gasteiger partial charge in [-0.05, 0) is 52.2 Å². The molecule has 0 radical (unpaired) electrons. The molecule has 6 heteroatoms. The topological polar surface area (TPSA) is 61.6 Å². The minimum Gasteiger partial charge on any atom is -0.339 e. The summed E-state index contributed by atoms with van der Waals surface area (Å²) in [6.45, 7) is 4.28. The molecule has 0 bridgehead atoms. The lowest BCUT2D eigenvalue weighted by Crippen LogP contribution is -2.34. The molecule has 0 fully saturated rings. The van der Waals surface area contributed by atoms with E-state index in [4.69, 9.17) is 17.4 Å². The van der Waals surface area contributed by atoms with Gasteiger partial charge in [-0.1, -0.05) is 11.6 Å². The Morgan fingerprint density at radius 3 is 2.60 bits per heavy atom. The van der Waals surface area contributed by atoms with Crippen LogP contribution in [-0.2, 0) is 0 Å². The predicted molar refractivity (Wildman–Crippen MR) is 84.0 cm³/mol. The summed E-state index contributed by atoms with van der Waals surface area (Å²) in [6.07, 6.45) is 0.929. The molecule has 112 valence electrons. The van der Waals surface area contributed by atoms with Crippen LogP contribution in [-0.4, -0.2) is 49.4 Å². The Labute approximate surface area is 125 Å². The number of rotatable bonds is 7. The molecular weight excluding hydrogens is 276 g/mol. The number of hydrogen-bond acceptors (Lipinski definition) is 4. The van der Waals surface area contributed by atoms with E-state index in [-0.39, 0.29) is 5.91 Å². The summed E-state index contributed by atoms with van der Waals surface area (Å²) in [7, 11) is 4.04. The lowest BCUT2D eigenvalue weighted by atomic mass is 10.1. The Kier molecular flexibility index (Phi) is 6.78. The van der Waals surface area contributed by atoms with Crippen molar-refractivity contribution in [2.45, 2.75) is 13.3 Å². The minimum atomic E-state index is -0.0540. The molecule has 0 saturated carbocycles. The number of nitrogens with two attached hydrogens (primary N) is 1. The Balaban J connectivity index is 2.82. The number of anilines is 1. The van der Waals surface area contributed by atoms with Crippen molar-refractivity contribution in [3.05, 3.63) is 28.8 Å². The average molecular weight is 299 g/mol. The van der Waals surface area contributed by atoms with E-state index in [1.54, 1.807) is 23.1 Å². The molecule has 1 aromatic carbocycles. The van der Waals surface area contributed by atoms with Crippen LogP contribution in [0.5, 0.6) is 0 Å². The summed E-state index contributed by atoms with van der Waals surface area (Å²) < 4.78 is 0. The number of nitrogens with zero attached hydrogens (tertiary/aromatic N) is 2. The Bertz CT molecular complexity index is 451. The number of carbonyl (C=O) groups excluding carboxylic acids is 1. The first-order valence-corrected chi connectivity index (χ1v) is 7.07. The third kappa shape index (κ3) is 4.67. The van der Waals surface area contributed by atoms with Crippen LogP contribution in [0.4, 0.5) is 5.69 Å². The van der Waals surface area contributed by atoms with Gasteiger partial charge in [0.25, 0.3) is 5.91 Å². The second-order valence-corrected chi connectivity index (χ2v) is 5.31. The number of carbonyl (C=O) groups is 1. The van der Waals surface area contributed by atoms with Crippen molar-refractivity contribution < 1.29 is 4.79 Å². The third-order valence-corrected chi connectivity index (χ3v) is 3.30. The molecule has 20 heavy (non-hydrogen) atoms. The Hall–Kier alpha value is -1.30. The predicted octanol–water partition coefficient (Wildman–Crippen LogP) is 2.04. The van der Waals surface area contributed by atoms with E-state index in [1.807, 2.05) is 21.0 Å². The van der Waals surface area contributed by atoms with Crippen LogP contribution < -0.4 is 11.3 Å². The number of nitrogens with one attached hydrogen (secondary N) is 1. The van der Waals surface area contributed by atoms with Crippen LogP contribution in [0, 0.1) is 0 Å². The van der Waals surface area contributed by atoms with E-state index in [2.05, 4.69) is 10.3 Å². The molecule has 0 spiro atoms. The zero-order valence-corrected chi connectivity index (χ0v) is 13.1. The van der Waals surface area contributed by atoms with Gasteiger partial charge in [-0.15, -0.1) is 0 Å². The standard InChI is InChI=1S/C14H23ClN4O/c1-4-19(9-5-8-18(2)3)14(20)12-10-11(15)6-7-13(12)17-16/h6-7,10,17H,4-5,8-9,16H2,1-3H3. The van der Waals surface area contributed by atoms with Gasteiger partial charge in [-0.2, -0.15) is 0 Å². The Morgan fingerprint density at radius 1 is 1.35 bits per heavy atom. The highest BCUT2D eigenvalue weighted by molar-refractivity contribution is 6.31. The van der Waals surface area contributed by atoms with E-state index in [0.29, 0.717) is 29.4 Å². The molecule has 0 aromatic heterocycles. The smallest absolute Gasteiger partial charge is 0.256 e. The number of hydrazine groups is 1. The van der Waals surface area contributed by atoms with E-state index in [1.165, 1.54) is 0 Å². The molecule has 5 nitrogen and oxygen atoms in total. The van der Waals surface area contributed by atoms with Crippen molar-refractivity contribution in [2.75, 3.05) is 39.2 Å². The highest BCUT2D eigenvalue weighted by atomic mass is 35.5. The molecule has 0 heterocycles. The van der Waals surface area contributed by atoms with Gasteiger partial charge in [0.2, 0.25) is 0 Å². The van der Waals surface area contributed by atoms with Crippen LogP contribution in [0.15, 0.2) is 18.2 Å². The molecule has 0 aliphatic carbocycles. The molecule has 0 aliphatic rings. The van der Waals surface area contributed by atoms with E-state index in [0.717, 1.165) is 13.0 Å². The van der Waals surface area contributed by atoms with Crippen molar-refractivity contribution >= 4 is 23.2 Å². The number of nitrogen functional groups attached to an aromatic ring is 1. The molecule has 1 amide bonds. The summed E-state index contributed by atoms with van der Waals surface area (Å²) >= 11 is 5.97. The summed E-state index contributed by atoms with van der Waals surface area (Å²) in [5.41, 5.74) is 3.64. The van der Waals surface area contributed by atoms with Crippen LogP contribution in [0.2, 0.25) is 5.02 Å². The van der Waals surface area contributed by atoms with Gasteiger partial charge in [-0.3, -0.25) is 10.6 Å². The first kappa shape index (κ1) is 16.8. The van der Waals surface area contributed by atoms with E-state index >= 15 is 0 Å². The first-order chi connectivity index (χ1) is 9.49. The molecular formula is C14H23ClN4O. The van der Waals surface area contributed by atoms with E-state index in [9.17, 15) is 4.79 Å². The third-order valence-electron chi connectivity index (χ3n) is 3.07. The van der Waals surface area contributed by atoms with Crippen molar-refractivity contribution in [2.24, 2.45) is 5.84 Å². The maximum Gasteiger partial charge on any atom is 0.256 e. The zero-order chi connectivity index (χ0) is 15.1. The molecule has 1 rings (SSSR count). The van der Waals surface area contributed by atoms with Crippen LogP contribution >= 0.6 is 11.6 Å². The van der Waals surface area contributed by atoms with Crippen molar-refractivity contribution in [3.8, 4) is 0 Å². The molecule has 0 aliphatic heterocycles. The minimum absolute atomic E-state index is 0.0540. The Morgan fingerprint density at radius 2 is 2.05 bits per heavy atom. The summed E-state index contributed by atoms with van der Waals surface area (Å²) in [4.78, 5) is 16.4. The van der Waals surface area contributed by atoms with Gasteiger partial charge in [0.1, 0.15) is 0 Å². The SMILES string of the molecule is CCN(CCCN(C)C)C(=O)c1cc(Cl)ccc1NN. The van der Waals surface area contributed by atoms with Gasteiger partial charge in [0, 0.05) is 18.1 Å². The number of amides is 1. The quantitative estimate of drug-likeness (QED) is 0.597. The van der Waals surface area contributed by atoms with Crippen LogP contribution in [0.3, 0.4) is 0 Å². The fraction of sp³-hybridized carbons (Fsp3) is 0.500. The number of halogens is 1. The van der Waals surface area contributed by atoms with Crippen molar-refractivity contribution in [1.82, 2.24) is 9.80 Å². The fourth-order valence-electron chi connectivity index (χ4n) is 1.97. The van der Waals surface area contributed by atoms with Gasteiger partial charge >= 0.3 is 0 Å². The van der Waals surface area contributed by atoms with E-state index < -0.39 is 0 Å². The highest BCUT2D eigenvalue weighted by Crippen LogP contribution is 2.21. The van der Waals surface area contributed by atoms with Crippen molar-refractivity contribution in [1.29, 1.82) is 0 Å². The lowest BCUT2D eigenvalue weighted by molar-refractivity contribution is 0.0760. The van der Waals surface area contributed by atoms with Gasteiger partial charge in [0.05, 0.1) is 11.3 Å². The molecule has 1 aromatic rings. The maximum atomic E-state index is 12.5. The van der Waals surface area contributed by atoms with Crippen LogP contribution in [0.1, 0.15) is 23.7 Å². The van der Waals surface area contributed by atoms with Crippen LogP contribution in [0.25, 0.3) is 0 Å². The largest absolute Gasteiger partial charge is 0.339 e. The van der Waals surface area contributed by atoms with Gasteiger partial charge in [-0.25, -0.2) is 0 Å². The molecule has 3 N–H and O–H groups in total. The normalized spacial score (nSPS) is 10.7. The number of benzene rings is 1. The van der Waals surface area contributed by atoms with Crippen molar-refractivity contribution in [3.63, 3.8) is 0 Å². The second kappa shape index (κ2) is 8.09. The molecule has 0 saturated heterocycles. The molecule has 0 unspecified atom stereocenters. The summed E-state index contributed by atoms with van der Waals surface area (Å²) in [5, 5.41) is 0.525. The first-order valence-electron chi connectivity index (χ1n) is 6.69. The maximum absolute atomic E-state index is 12.5. The second-order valence-electron chi connectivity index (χ2n) is 4.88. The molecule has 0 atom stereocenters. The van der Waals surface area contributed by atoms with Gasteiger partial charge < -0.3 is 15.2 Å². The zero-order valence-electron chi connectivity index (χ0n) is 12.3. The monoisotopic (exact) mass is 298 g/mol. The van der Waals surface area contributed by atoms with Gasteiger partial charge in [0.15, 0.2) is 0 Å². The summed E-state index contributed by atoms with van der Waals surface area (Å²) in [5.74, 6) is 5.40. The number of hydrogen-bond donors (Lipinski definition) is 2. The fourth-order valence-corrected chi connectivity index (χ4v) is 2.14. The average Bonchev–Trinajstić information content (AvgIpc) is 2.42.